The van der Waals surface area contributed by atoms with E-state index in [9.17, 15) is 18.0 Å². The van der Waals surface area contributed by atoms with Crippen molar-refractivity contribution in [2.75, 3.05) is 50.4 Å². The number of para-hydroxylation sites is 2. The van der Waals surface area contributed by atoms with Crippen LogP contribution in [0.25, 0.3) is 0 Å². The normalized spacial score (nSPS) is 10.9. The molecule has 0 aliphatic heterocycles. The maximum Gasteiger partial charge on any atom is 0.340 e. The molecule has 39 heavy (non-hydrogen) atoms. The fraction of sp³-hybridized carbons (Fsp3) is 0.259. The van der Waals surface area contributed by atoms with Gasteiger partial charge in [-0.25, -0.2) is 13.2 Å². The van der Waals surface area contributed by atoms with Crippen LogP contribution in [0.15, 0.2) is 70.5 Å². The molecule has 0 aliphatic carbocycles. The lowest BCUT2D eigenvalue weighted by Gasteiger charge is -2.26. The number of amides is 1. The van der Waals surface area contributed by atoms with Crippen LogP contribution in [0.2, 0.25) is 0 Å². The summed E-state index contributed by atoms with van der Waals surface area (Å²) in [5.41, 5.74) is 0.244. The zero-order valence-corrected chi connectivity index (χ0v) is 23.9. The highest BCUT2D eigenvalue weighted by molar-refractivity contribution is 7.98. The number of nitrogens with zero attached hydrogens (tertiary/aromatic N) is 1. The SMILES string of the molecule is CCOc1ccccc1N(CC(=O)Nc1cc(OC)c(OC)cc1C(=O)OC)S(=O)(=O)c1ccc(SC)cc1. The second-order valence-electron chi connectivity index (χ2n) is 7.88. The summed E-state index contributed by atoms with van der Waals surface area (Å²) in [4.78, 5) is 26.7. The lowest BCUT2D eigenvalue weighted by molar-refractivity contribution is -0.114. The summed E-state index contributed by atoms with van der Waals surface area (Å²) in [5.74, 6) is -0.660. The largest absolute Gasteiger partial charge is 0.493 e. The van der Waals surface area contributed by atoms with Gasteiger partial charge in [0, 0.05) is 17.0 Å². The van der Waals surface area contributed by atoms with Gasteiger partial charge < -0.3 is 24.3 Å². The maximum absolute atomic E-state index is 13.9. The number of benzene rings is 3. The summed E-state index contributed by atoms with van der Waals surface area (Å²) in [6, 6.07) is 15.7. The Hall–Kier alpha value is -3.90. The van der Waals surface area contributed by atoms with E-state index in [1.54, 1.807) is 43.3 Å². The molecule has 1 amide bonds. The second kappa shape index (κ2) is 13.3. The van der Waals surface area contributed by atoms with E-state index in [-0.39, 0.29) is 39.9 Å². The molecule has 0 atom stereocenters. The molecule has 0 heterocycles. The van der Waals surface area contributed by atoms with Gasteiger partial charge in [-0.1, -0.05) is 12.1 Å². The molecular weight excluding hydrogens is 544 g/mol. The van der Waals surface area contributed by atoms with E-state index in [4.69, 9.17) is 18.9 Å². The van der Waals surface area contributed by atoms with Crippen molar-refractivity contribution < 1.29 is 37.0 Å². The molecule has 0 radical (unpaired) electrons. The van der Waals surface area contributed by atoms with Gasteiger partial charge in [-0.05, 0) is 49.6 Å². The van der Waals surface area contributed by atoms with Crippen LogP contribution in [0.4, 0.5) is 11.4 Å². The zero-order chi connectivity index (χ0) is 28.6. The number of nitrogens with one attached hydrogen (secondary N) is 1. The Bertz CT molecular complexity index is 1430. The van der Waals surface area contributed by atoms with Crippen molar-refractivity contribution in [2.24, 2.45) is 0 Å². The monoisotopic (exact) mass is 574 g/mol. The van der Waals surface area contributed by atoms with Gasteiger partial charge in [-0.15, -0.1) is 11.8 Å². The third-order valence-corrected chi connectivity index (χ3v) is 8.09. The van der Waals surface area contributed by atoms with Crippen molar-refractivity contribution in [1.82, 2.24) is 0 Å². The van der Waals surface area contributed by atoms with Gasteiger partial charge in [0.1, 0.15) is 12.3 Å². The van der Waals surface area contributed by atoms with Gasteiger partial charge in [0.25, 0.3) is 10.0 Å². The number of anilines is 2. The van der Waals surface area contributed by atoms with Gasteiger partial charge in [0.2, 0.25) is 5.91 Å². The van der Waals surface area contributed by atoms with E-state index in [1.165, 1.54) is 57.4 Å². The van der Waals surface area contributed by atoms with Gasteiger partial charge in [0.15, 0.2) is 11.5 Å². The summed E-state index contributed by atoms with van der Waals surface area (Å²) >= 11 is 1.48. The summed E-state index contributed by atoms with van der Waals surface area (Å²) < 4.78 is 49.8. The number of rotatable bonds is 12. The summed E-state index contributed by atoms with van der Waals surface area (Å²) in [7, 11) is -0.205. The van der Waals surface area contributed by atoms with Crippen LogP contribution in [0.3, 0.4) is 0 Å². The number of methoxy groups -OCH3 is 3. The highest BCUT2D eigenvalue weighted by Gasteiger charge is 2.30. The van der Waals surface area contributed by atoms with E-state index in [0.29, 0.717) is 5.75 Å². The Morgan fingerprint density at radius 1 is 0.923 bits per heavy atom. The van der Waals surface area contributed by atoms with Crippen LogP contribution in [-0.2, 0) is 19.6 Å². The van der Waals surface area contributed by atoms with Crippen molar-refractivity contribution in [3.05, 3.63) is 66.2 Å². The molecule has 0 spiro atoms. The van der Waals surface area contributed by atoms with E-state index < -0.39 is 28.4 Å². The van der Waals surface area contributed by atoms with Crippen LogP contribution < -0.4 is 23.8 Å². The predicted octanol–water partition coefficient (Wildman–Crippen LogP) is 4.45. The highest BCUT2D eigenvalue weighted by atomic mass is 32.2. The number of carbonyl (C=O) groups excluding carboxylic acids is 2. The fourth-order valence-corrected chi connectivity index (χ4v) is 5.54. The molecule has 0 aromatic heterocycles. The molecule has 1 N–H and O–H groups in total. The Kier molecular flexibility index (Phi) is 10.1. The average molecular weight is 575 g/mol. The van der Waals surface area contributed by atoms with Gasteiger partial charge in [-0.2, -0.15) is 0 Å². The van der Waals surface area contributed by atoms with Gasteiger partial charge in [0.05, 0.1) is 49.8 Å². The Morgan fingerprint density at radius 2 is 1.56 bits per heavy atom. The standard InChI is InChI=1S/C27H30N2O8S2/c1-6-37-23-10-8-7-9-22(23)29(39(32,33)19-13-11-18(38-5)12-14-19)17-26(30)28-21-16-25(35-3)24(34-2)15-20(21)27(31)36-4/h7-16H,6,17H2,1-5H3,(H,28,30). The first-order chi connectivity index (χ1) is 18.7. The van der Waals surface area contributed by atoms with Crippen LogP contribution >= 0.6 is 11.8 Å². The number of sulfonamides is 1. The Balaban J connectivity index is 2.06. The number of hydrogen-bond acceptors (Lipinski definition) is 9. The molecule has 0 bridgehead atoms. The summed E-state index contributed by atoms with van der Waals surface area (Å²) in [6.45, 7) is 1.44. The molecule has 0 saturated carbocycles. The van der Waals surface area contributed by atoms with E-state index >= 15 is 0 Å². The molecule has 0 fully saturated rings. The molecule has 0 aliphatic rings. The molecule has 3 aromatic carbocycles. The van der Waals surface area contributed by atoms with Crippen molar-refractivity contribution >= 4 is 45.0 Å². The number of esters is 1. The number of carbonyl (C=O) groups is 2. The molecule has 0 unspecified atom stereocenters. The van der Waals surface area contributed by atoms with Crippen LogP contribution in [-0.4, -0.2) is 61.0 Å². The molecule has 10 nitrogen and oxygen atoms in total. The van der Waals surface area contributed by atoms with Crippen molar-refractivity contribution in [1.29, 1.82) is 0 Å². The molecule has 208 valence electrons. The van der Waals surface area contributed by atoms with E-state index in [2.05, 4.69) is 5.32 Å². The number of hydrogen-bond donors (Lipinski definition) is 1. The lowest BCUT2D eigenvalue weighted by Crippen LogP contribution is -2.38. The fourth-order valence-electron chi connectivity index (χ4n) is 3.70. The first-order valence-corrected chi connectivity index (χ1v) is 14.4. The van der Waals surface area contributed by atoms with E-state index in [0.717, 1.165) is 9.20 Å². The first-order valence-electron chi connectivity index (χ1n) is 11.7. The number of ether oxygens (including phenoxy) is 4. The van der Waals surface area contributed by atoms with Crippen molar-refractivity contribution in [3.63, 3.8) is 0 Å². The Labute approximate surface area is 232 Å². The summed E-state index contributed by atoms with van der Waals surface area (Å²) in [6.07, 6.45) is 1.88. The third kappa shape index (κ3) is 6.76. The first kappa shape index (κ1) is 29.7. The lowest BCUT2D eigenvalue weighted by atomic mass is 10.1. The second-order valence-corrected chi connectivity index (χ2v) is 10.6. The molecule has 0 saturated heterocycles. The van der Waals surface area contributed by atoms with Crippen LogP contribution in [0.5, 0.6) is 17.2 Å². The molecular formula is C27H30N2O8S2. The average Bonchev–Trinajstić information content (AvgIpc) is 2.95. The van der Waals surface area contributed by atoms with Gasteiger partial charge in [-0.3, -0.25) is 9.10 Å². The highest BCUT2D eigenvalue weighted by Crippen LogP contribution is 2.35. The number of thioether (sulfide) groups is 1. The van der Waals surface area contributed by atoms with Gasteiger partial charge >= 0.3 is 5.97 Å². The minimum Gasteiger partial charge on any atom is -0.493 e. The minimum atomic E-state index is -4.21. The van der Waals surface area contributed by atoms with Crippen LogP contribution in [0, 0.1) is 0 Å². The van der Waals surface area contributed by atoms with Crippen molar-refractivity contribution in [2.45, 2.75) is 16.7 Å². The maximum atomic E-state index is 13.9. The smallest absolute Gasteiger partial charge is 0.340 e. The zero-order valence-electron chi connectivity index (χ0n) is 22.2. The van der Waals surface area contributed by atoms with Crippen LogP contribution in [0.1, 0.15) is 17.3 Å². The molecule has 12 heteroatoms. The van der Waals surface area contributed by atoms with E-state index in [1.807, 2.05) is 6.26 Å². The Morgan fingerprint density at radius 3 is 2.15 bits per heavy atom. The molecule has 3 rings (SSSR count). The van der Waals surface area contributed by atoms with Crippen molar-refractivity contribution in [3.8, 4) is 17.2 Å². The third-order valence-electron chi connectivity index (χ3n) is 5.57. The quantitative estimate of drug-likeness (QED) is 0.247. The minimum absolute atomic E-state index is 0.000257. The topological polar surface area (TPSA) is 120 Å². The molecule has 3 aromatic rings. The predicted molar refractivity (Wildman–Crippen MR) is 150 cm³/mol. The summed E-state index contributed by atoms with van der Waals surface area (Å²) in [5, 5.41) is 2.62.